The summed E-state index contributed by atoms with van der Waals surface area (Å²) in [6, 6.07) is 0.587. The van der Waals surface area contributed by atoms with Crippen molar-refractivity contribution >= 4 is 5.91 Å². The Morgan fingerprint density at radius 2 is 1.83 bits per heavy atom. The van der Waals surface area contributed by atoms with Crippen LogP contribution >= 0.6 is 0 Å². The van der Waals surface area contributed by atoms with Crippen molar-refractivity contribution in [3.05, 3.63) is 0 Å². The topological polar surface area (TPSA) is 44.4 Å². The summed E-state index contributed by atoms with van der Waals surface area (Å²) >= 11 is 0. The molecule has 18 heavy (non-hydrogen) atoms. The molecule has 0 aliphatic heterocycles. The van der Waals surface area contributed by atoms with Gasteiger partial charge in [0.05, 0.1) is 6.54 Å². The second kappa shape index (κ2) is 10.3. The number of amides is 1. The van der Waals surface area contributed by atoms with Crippen LogP contribution in [0.15, 0.2) is 0 Å². The van der Waals surface area contributed by atoms with Gasteiger partial charge in [-0.3, -0.25) is 4.79 Å². The van der Waals surface area contributed by atoms with Gasteiger partial charge < -0.3 is 15.5 Å². The van der Waals surface area contributed by atoms with Gasteiger partial charge in [0.2, 0.25) is 5.91 Å². The molecule has 0 aliphatic carbocycles. The largest absolute Gasteiger partial charge is 0.355 e. The van der Waals surface area contributed by atoms with Crippen molar-refractivity contribution in [2.45, 2.75) is 46.6 Å². The molecule has 2 N–H and O–H groups in total. The first-order valence-corrected chi connectivity index (χ1v) is 7.11. The summed E-state index contributed by atoms with van der Waals surface area (Å²) < 4.78 is 0. The summed E-state index contributed by atoms with van der Waals surface area (Å²) in [5.41, 5.74) is 0. The predicted octanol–water partition coefficient (Wildman–Crippen LogP) is 1.47. The fourth-order valence-corrected chi connectivity index (χ4v) is 1.48. The van der Waals surface area contributed by atoms with Crippen LogP contribution in [0, 0.1) is 5.92 Å². The van der Waals surface area contributed by atoms with E-state index in [2.05, 4.69) is 50.3 Å². The Balaban J connectivity index is 3.35. The summed E-state index contributed by atoms with van der Waals surface area (Å²) in [5, 5.41) is 6.10. The molecule has 0 saturated heterocycles. The molecule has 0 spiro atoms. The third kappa shape index (κ3) is 10.5. The van der Waals surface area contributed by atoms with Gasteiger partial charge in [0.15, 0.2) is 0 Å². The molecule has 0 aromatic carbocycles. The summed E-state index contributed by atoms with van der Waals surface area (Å²) in [7, 11) is 2.13. The normalized spacial score (nSPS) is 11.6. The van der Waals surface area contributed by atoms with Gasteiger partial charge in [-0.2, -0.15) is 0 Å². The van der Waals surface area contributed by atoms with E-state index in [1.807, 2.05) is 0 Å². The molecule has 0 rings (SSSR count). The maximum absolute atomic E-state index is 11.4. The first-order chi connectivity index (χ1) is 8.43. The van der Waals surface area contributed by atoms with Gasteiger partial charge in [0, 0.05) is 12.6 Å². The number of carbonyl (C=O) groups is 1. The molecule has 108 valence electrons. The Morgan fingerprint density at radius 3 is 2.39 bits per heavy atom. The van der Waals surface area contributed by atoms with Gasteiger partial charge in [-0.1, -0.05) is 13.8 Å². The second-order valence-corrected chi connectivity index (χ2v) is 5.64. The predicted molar refractivity (Wildman–Crippen MR) is 77.7 cm³/mol. The van der Waals surface area contributed by atoms with Crippen molar-refractivity contribution in [1.29, 1.82) is 0 Å². The van der Waals surface area contributed by atoms with Gasteiger partial charge >= 0.3 is 0 Å². The number of hydrogen-bond donors (Lipinski definition) is 2. The zero-order valence-corrected chi connectivity index (χ0v) is 12.8. The lowest BCUT2D eigenvalue weighted by atomic mass is 10.1. The second-order valence-electron chi connectivity index (χ2n) is 5.64. The van der Waals surface area contributed by atoms with Crippen molar-refractivity contribution in [2.75, 3.05) is 33.2 Å². The van der Waals surface area contributed by atoms with E-state index in [1.165, 1.54) is 0 Å². The van der Waals surface area contributed by atoms with Crippen LogP contribution in [0.1, 0.15) is 40.5 Å². The van der Waals surface area contributed by atoms with Gasteiger partial charge in [0.25, 0.3) is 0 Å². The van der Waals surface area contributed by atoms with Crippen molar-refractivity contribution in [3.63, 3.8) is 0 Å². The molecular weight excluding hydrogens is 226 g/mol. The van der Waals surface area contributed by atoms with Crippen molar-refractivity contribution in [1.82, 2.24) is 15.5 Å². The van der Waals surface area contributed by atoms with E-state index >= 15 is 0 Å². The zero-order chi connectivity index (χ0) is 14.0. The average molecular weight is 257 g/mol. The number of hydrogen-bond acceptors (Lipinski definition) is 3. The van der Waals surface area contributed by atoms with E-state index in [4.69, 9.17) is 0 Å². The summed E-state index contributed by atoms with van der Waals surface area (Å²) in [6.45, 7) is 11.9. The van der Waals surface area contributed by atoms with Crippen LogP contribution in [-0.2, 0) is 4.79 Å². The molecular formula is C14H31N3O. The highest BCUT2D eigenvalue weighted by atomic mass is 16.1. The minimum Gasteiger partial charge on any atom is -0.355 e. The van der Waals surface area contributed by atoms with Crippen LogP contribution < -0.4 is 10.6 Å². The Kier molecular flexibility index (Phi) is 9.98. The van der Waals surface area contributed by atoms with Crippen LogP contribution in [-0.4, -0.2) is 50.1 Å². The average Bonchev–Trinajstić information content (AvgIpc) is 2.27. The summed E-state index contributed by atoms with van der Waals surface area (Å²) in [6.07, 6.45) is 2.12. The fraction of sp³-hybridized carbons (Fsp3) is 0.929. The quantitative estimate of drug-likeness (QED) is 0.583. The molecule has 0 atom stereocenters. The molecule has 0 saturated carbocycles. The lowest BCUT2D eigenvalue weighted by Gasteiger charge is -2.20. The summed E-state index contributed by atoms with van der Waals surface area (Å²) in [5.74, 6) is 0.748. The first kappa shape index (κ1) is 17.4. The van der Waals surface area contributed by atoms with Crippen molar-refractivity contribution < 1.29 is 4.79 Å². The van der Waals surface area contributed by atoms with Gasteiger partial charge in [-0.05, 0) is 52.7 Å². The van der Waals surface area contributed by atoms with Crippen LogP contribution in [0.2, 0.25) is 0 Å². The van der Waals surface area contributed by atoms with E-state index in [0.29, 0.717) is 18.5 Å². The van der Waals surface area contributed by atoms with Crippen LogP contribution in [0.3, 0.4) is 0 Å². The zero-order valence-electron chi connectivity index (χ0n) is 12.8. The highest BCUT2D eigenvalue weighted by molar-refractivity contribution is 5.77. The van der Waals surface area contributed by atoms with E-state index in [1.54, 1.807) is 0 Å². The molecule has 1 amide bonds. The van der Waals surface area contributed by atoms with Crippen LogP contribution in [0.4, 0.5) is 0 Å². The monoisotopic (exact) mass is 257 g/mol. The van der Waals surface area contributed by atoms with Gasteiger partial charge in [-0.15, -0.1) is 0 Å². The van der Waals surface area contributed by atoms with E-state index in [-0.39, 0.29) is 5.91 Å². The summed E-state index contributed by atoms with van der Waals surface area (Å²) in [4.78, 5) is 13.8. The molecule has 0 radical (unpaired) electrons. The van der Waals surface area contributed by atoms with Crippen molar-refractivity contribution in [3.8, 4) is 0 Å². The number of rotatable bonds is 10. The standard InChI is InChI=1S/C14H31N3O/c1-12(2)7-9-16-14(18)11-15-8-6-10-17(5)13(3)4/h12-13,15H,6-11H2,1-5H3,(H,16,18). The molecule has 0 aromatic rings. The Labute approximate surface area is 113 Å². The Hall–Kier alpha value is -0.610. The fourth-order valence-electron chi connectivity index (χ4n) is 1.48. The maximum Gasteiger partial charge on any atom is 0.233 e. The molecule has 4 nitrogen and oxygen atoms in total. The molecule has 0 aliphatic rings. The lowest BCUT2D eigenvalue weighted by Crippen LogP contribution is -2.36. The molecule has 0 unspecified atom stereocenters. The Bertz CT molecular complexity index is 217. The van der Waals surface area contributed by atoms with Crippen molar-refractivity contribution in [2.24, 2.45) is 5.92 Å². The maximum atomic E-state index is 11.4. The van der Waals surface area contributed by atoms with E-state index in [9.17, 15) is 4.79 Å². The minimum absolute atomic E-state index is 0.105. The van der Waals surface area contributed by atoms with Gasteiger partial charge in [-0.25, -0.2) is 0 Å². The number of carbonyl (C=O) groups excluding carboxylic acids is 1. The Morgan fingerprint density at radius 1 is 1.17 bits per heavy atom. The SMILES string of the molecule is CC(C)CCNC(=O)CNCCCN(C)C(C)C. The molecule has 0 aromatic heterocycles. The van der Waals surface area contributed by atoms with E-state index < -0.39 is 0 Å². The third-order valence-corrected chi connectivity index (χ3v) is 3.08. The van der Waals surface area contributed by atoms with E-state index in [0.717, 1.165) is 32.5 Å². The lowest BCUT2D eigenvalue weighted by molar-refractivity contribution is -0.120. The smallest absolute Gasteiger partial charge is 0.233 e. The highest BCUT2D eigenvalue weighted by Crippen LogP contribution is 1.96. The third-order valence-electron chi connectivity index (χ3n) is 3.08. The highest BCUT2D eigenvalue weighted by Gasteiger charge is 2.03. The molecule has 4 heteroatoms. The molecule has 0 fully saturated rings. The molecule has 0 heterocycles. The minimum atomic E-state index is 0.105. The number of nitrogens with one attached hydrogen (secondary N) is 2. The molecule has 0 bridgehead atoms. The van der Waals surface area contributed by atoms with Crippen LogP contribution in [0.5, 0.6) is 0 Å². The number of nitrogens with zero attached hydrogens (tertiary/aromatic N) is 1. The van der Waals surface area contributed by atoms with Gasteiger partial charge in [0.1, 0.15) is 0 Å². The van der Waals surface area contributed by atoms with Crippen LogP contribution in [0.25, 0.3) is 0 Å². The first-order valence-electron chi connectivity index (χ1n) is 7.11.